The summed E-state index contributed by atoms with van der Waals surface area (Å²) in [5.74, 6) is 0.0304. The number of halogens is 3. The van der Waals surface area contributed by atoms with Gasteiger partial charge in [-0.15, -0.1) is 11.3 Å². The zero-order valence-electron chi connectivity index (χ0n) is 14.6. The van der Waals surface area contributed by atoms with Crippen molar-refractivity contribution in [2.45, 2.75) is 32.9 Å². The Balaban J connectivity index is 1.70. The quantitative estimate of drug-likeness (QED) is 0.684. The number of aromatic nitrogens is 1. The Hall–Kier alpha value is -1.19. The maximum absolute atomic E-state index is 12.6. The molecule has 9 heteroatoms. The van der Waals surface area contributed by atoms with Gasteiger partial charge in [-0.1, -0.05) is 6.92 Å². The van der Waals surface area contributed by atoms with E-state index in [1.54, 1.807) is 0 Å². The molecule has 0 aliphatic carbocycles. The third kappa shape index (κ3) is 6.23. The molecule has 0 atom stereocenters. The molecule has 1 saturated heterocycles. The van der Waals surface area contributed by atoms with E-state index >= 15 is 0 Å². The lowest BCUT2D eigenvalue weighted by Gasteiger charge is -2.34. The molecule has 2 heterocycles. The number of hydrogen-bond donors (Lipinski definition) is 0. The maximum atomic E-state index is 12.6. The average molecular weight is 379 g/mol. The fraction of sp³-hybridized carbons (Fsp3) is 0.750. The third-order valence-corrected chi connectivity index (χ3v) is 5.32. The molecule has 0 spiro atoms. The highest BCUT2D eigenvalue weighted by Crippen LogP contribution is 2.21. The summed E-state index contributed by atoms with van der Waals surface area (Å²) in [5.41, 5.74) is 0.788. The van der Waals surface area contributed by atoms with Crippen LogP contribution in [0.15, 0.2) is 0 Å². The topological polar surface area (TPSA) is 45.7 Å². The van der Waals surface area contributed by atoms with Gasteiger partial charge in [-0.3, -0.25) is 9.69 Å². The van der Waals surface area contributed by atoms with Crippen molar-refractivity contribution in [3.63, 3.8) is 0 Å². The third-order valence-electron chi connectivity index (χ3n) is 4.03. The first-order valence-corrected chi connectivity index (χ1v) is 9.24. The second-order valence-electron chi connectivity index (χ2n) is 6.03. The first kappa shape index (κ1) is 20.1. The second kappa shape index (κ2) is 8.95. The summed E-state index contributed by atoms with van der Waals surface area (Å²) in [6, 6.07) is 0. The summed E-state index contributed by atoms with van der Waals surface area (Å²) in [5, 5.41) is 0.971. The van der Waals surface area contributed by atoms with Gasteiger partial charge in [0.2, 0.25) is 0 Å². The summed E-state index contributed by atoms with van der Waals surface area (Å²) in [7, 11) is 0. The number of ether oxygens (including phenoxy) is 1. The van der Waals surface area contributed by atoms with Crippen molar-refractivity contribution in [3.05, 3.63) is 15.6 Å². The minimum absolute atomic E-state index is 0.0304. The number of carbonyl (C=O) groups excluding carboxylic acids is 1. The van der Waals surface area contributed by atoms with Crippen LogP contribution in [0, 0.1) is 6.92 Å². The van der Waals surface area contributed by atoms with Crippen LogP contribution in [0.2, 0.25) is 0 Å². The number of carbonyl (C=O) groups is 1. The largest absolute Gasteiger partial charge is 0.411 e. The number of alkyl halides is 3. The van der Waals surface area contributed by atoms with Crippen LogP contribution in [0.4, 0.5) is 13.2 Å². The highest BCUT2D eigenvalue weighted by Gasteiger charge is 2.27. The van der Waals surface area contributed by atoms with Gasteiger partial charge >= 0.3 is 6.18 Å². The fourth-order valence-corrected chi connectivity index (χ4v) is 3.67. The van der Waals surface area contributed by atoms with E-state index in [4.69, 9.17) is 0 Å². The van der Waals surface area contributed by atoms with Gasteiger partial charge in [0.05, 0.1) is 10.7 Å². The monoisotopic (exact) mass is 379 g/mol. The van der Waals surface area contributed by atoms with Gasteiger partial charge in [0, 0.05) is 39.3 Å². The highest BCUT2D eigenvalue weighted by molar-refractivity contribution is 7.13. The van der Waals surface area contributed by atoms with Crippen LogP contribution >= 0.6 is 11.3 Å². The van der Waals surface area contributed by atoms with Gasteiger partial charge in [-0.25, -0.2) is 4.98 Å². The molecule has 25 heavy (non-hydrogen) atoms. The Bertz CT molecular complexity index is 569. The standard InChI is InChI=1S/C16H24F3N3O2S/c1-3-13-20-12(2)14(25-13)15(23)22-8-6-21(7-9-22)5-4-10-24-11-16(17,18)19/h3-11H2,1-2H3. The molecule has 1 aromatic rings. The number of nitrogens with zero attached hydrogens (tertiary/aromatic N) is 3. The van der Waals surface area contributed by atoms with Gasteiger partial charge < -0.3 is 9.64 Å². The van der Waals surface area contributed by atoms with Crippen LogP contribution in [0.25, 0.3) is 0 Å². The zero-order chi connectivity index (χ0) is 18.4. The highest BCUT2D eigenvalue weighted by atomic mass is 32.1. The Morgan fingerprint density at radius 3 is 2.52 bits per heavy atom. The molecular formula is C16H24F3N3O2S. The van der Waals surface area contributed by atoms with Crippen LogP contribution in [-0.2, 0) is 11.2 Å². The van der Waals surface area contributed by atoms with Gasteiger partial charge in [-0.2, -0.15) is 13.2 Å². The molecule has 0 saturated carbocycles. The number of thiazole rings is 1. The molecule has 1 fully saturated rings. The number of amides is 1. The van der Waals surface area contributed by atoms with Crippen molar-refractivity contribution in [2.75, 3.05) is 45.9 Å². The molecule has 1 aliphatic rings. The zero-order valence-corrected chi connectivity index (χ0v) is 15.4. The Labute approximate surface area is 149 Å². The number of rotatable bonds is 7. The SMILES string of the molecule is CCc1nc(C)c(C(=O)N2CCN(CCCOCC(F)(F)F)CC2)s1. The number of piperazine rings is 1. The summed E-state index contributed by atoms with van der Waals surface area (Å²) < 4.78 is 40.5. The molecule has 0 N–H and O–H groups in total. The Kier molecular flexibility index (Phi) is 7.21. The van der Waals surface area contributed by atoms with Crippen LogP contribution < -0.4 is 0 Å². The smallest absolute Gasteiger partial charge is 0.372 e. The molecule has 5 nitrogen and oxygen atoms in total. The van der Waals surface area contributed by atoms with E-state index in [-0.39, 0.29) is 12.5 Å². The summed E-state index contributed by atoms with van der Waals surface area (Å²) in [4.78, 5) is 21.7. The second-order valence-corrected chi connectivity index (χ2v) is 7.11. The van der Waals surface area contributed by atoms with Crippen molar-refractivity contribution in [1.82, 2.24) is 14.8 Å². The maximum Gasteiger partial charge on any atom is 0.411 e. The predicted molar refractivity (Wildman–Crippen MR) is 90.1 cm³/mol. The molecule has 1 amide bonds. The first-order chi connectivity index (χ1) is 11.8. The van der Waals surface area contributed by atoms with E-state index in [0.717, 1.165) is 30.2 Å². The van der Waals surface area contributed by atoms with Crippen molar-refractivity contribution in [1.29, 1.82) is 0 Å². The average Bonchev–Trinajstić information content (AvgIpc) is 2.94. The van der Waals surface area contributed by atoms with Crippen LogP contribution in [0.5, 0.6) is 0 Å². The van der Waals surface area contributed by atoms with Crippen LogP contribution in [-0.4, -0.2) is 72.8 Å². The van der Waals surface area contributed by atoms with Crippen molar-refractivity contribution in [3.8, 4) is 0 Å². The fourth-order valence-electron chi connectivity index (χ4n) is 2.70. The minimum Gasteiger partial charge on any atom is -0.372 e. The van der Waals surface area contributed by atoms with Crippen molar-refractivity contribution < 1.29 is 22.7 Å². The molecular weight excluding hydrogens is 355 g/mol. The Morgan fingerprint density at radius 2 is 1.96 bits per heavy atom. The molecule has 2 rings (SSSR count). The molecule has 0 radical (unpaired) electrons. The normalized spacial score (nSPS) is 16.4. The number of aryl methyl sites for hydroxylation is 2. The van der Waals surface area contributed by atoms with E-state index in [1.165, 1.54) is 11.3 Å². The van der Waals surface area contributed by atoms with E-state index in [2.05, 4.69) is 14.6 Å². The van der Waals surface area contributed by atoms with Gasteiger partial charge in [0.15, 0.2) is 0 Å². The van der Waals surface area contributed by atoms with E-state index in [9.17, 15) is 18.0 Å². The van der Waals surface area contributed by atoms with E-state index < -0.39 is 12.8 Å². The van der Waals surface area contributed by atoms with Crippen LogP contribution in [0.1, 0.15) is 33.7 Å². The molecule has 0 bridgehead atoms. The lowest BCUT2D eigenvalue weighted by atomic mass is 10.2. The Morgan fingerprint density at radius 1 is 1.28 bits per heavy atom. The molecule has 0 aromatic carbocycles. The number of hydrogen-bond acceptors (Lipinski definition) is 5. The summed E-state index contributed by atoms with van der Waals surface area (Å²) in [6.45, 7) is 6.17. The van der Waals surface area contributed by atoms with E-state index in [0.29, 0.717) is 30.9 Å². The summed E-state index contributed by atoms with van der Waals surface area (Å²) >= 11 is 1.46. The van der Waals surface area contributed by atoms with Gasteiger partial charge in [0.25, 0.3) is 5.91 Å². The predicted octanol–water partition coefficient (Wildman–Crippen LogP) is 2.74. The van der Waals surface area contributed by atoms with Crippen LogP contribution in [0.3, 0.4) is 0 Å². The molecule has 142 valence electrons. The first-order valence-electron chi connectivity index (χ1n) is 8.42. The van der Waals surface area contributed by atoms with Gasteiger partial charge in [-0.05, 0) is 19.8 Å². The molecule has 1 aromatic heterocycles. The minimum atomic E-state index is -4.27. The van der Waals surface area contributed by atoms with E-state index in [1.807, 2.05) is 18.7 Å². The lowest BCUT2D eigenvalue weighted by Crippen LogP contribution is -2.48. The van der Waals surface area contributed by atoms with Gasteiger partial charge in [0.1, 0.15) is 11.5 Å². The molecule has 1 aliphatic heterocycles. The molecule has 0 unspecified atom stereocenters. The van der Waals surface area contributed by atoms with Crippen molar-refractivity contribution in [2.24, 2.45) is 0 Å². The summed E-state index contributed by atoms with van der Waals surface area (Å²) in [6.07, 6.45) is -2.89. The lowest BCUT2D eigenvalue weighted by molar-refractivity contribution is -0.174. The van der Waals surface area contributed by atoms with Crippen molar-refractivity contribution >= 4 is 17.2 Å².